The van der Waals surface area contributed by atoms with Crippen LogP contribution in [0.5, 0.6) is 11.5 Å². The van der Waals surface area contributed by atoms with Crippen molar-refractivity contribution in [3.8, 4) is 22.6 Å². The second-order valence-corrected chi connectivity index (χ2v) is 5.67. The summed E-state index contributed by atoms with van der Waals surface area (Å²) in [6.07, 6.45) is 1.89. The lowest BCUT2D eigenvalue weighted by atomic mass is 10.1. The summed E-state index contributed by atoms with van der Waals surface area (Å²) in [5.74, 6) is 1.40. The van der Waals surface area contributed by atoms with E-state index in [1.54, 1.807) is 32.4 Å². The van der Waals surface area contributed by atoms with E-state index in [1.165, 1.54) is 11.8 Å². The summed E-state index contributed by atoms with van der Waals surface area (Å²) in [5.41, 5.74) is 1.85. The summed E-state index contributed by atoms with van der Waals surface area (Å²) in [6.45, 7) is 0. The molecule has 0 amide bonds. The van der Waals surface area contributed by atoms with E-state index in [9.17, 15) is 4.79 Å². The largest absolute Gasteiger partial charge is 0.497 e. The fraction of sp³-hybridized carbons (Fsp3) is 0.167. The number of ether oxygens (including phenoxy) is 2. The topological polar surface area (TPSA) is 48.7 Å². The van der Waals surface area contributed by atoms with Crippen molar-refractivity contribution in [3.05, 3.63) is 52.7 Å². The molecule has 2 aromatic carbocycles. The molecule has 0 unspecified atom stereocenters. The van der Waals surface area contributed by atoms with Crippen molar-refractivity contribution in [3.63, 3.8) is 0 Å². The average Bonchev–Trinajstić information content (AvgIpc) is 2.61. The van der Waals surface area contributed by atoms with Crippen molar-refractivity contribution in [2.24, 2.45) is 0 Å². The van der Waals surface area contributed by atoms with E-state index in [1.807, 2.05) is 30.5 Å². The predicted octanol–water partition coefficient (Wildman–Crippen LogP) is 4.20. The molecule has 1 heterocycles. The van der Waals surface area contributed by atoms with Gasteiger partial charge in [0.2, 0.25) is 5.43 Å². The number of methoxy groups -OCH3 is 2. The normalized spacial score (nSPS) is 10.7. The van der Waals surface area contributed by atoms with E-state index < -0.39 is 0 Å². The van der Waals surface area contributed by atoms with Gasteiger partial charge in [-0.05, 0) is 36.1 Å². The van der Waals surface area contributed by atoms with Crippen LogP contribution in [-0.2, 0) is 0 Å². The Morgan fingerprint density at radius 1 is 0.957 bits per heavy atom. The lowest BCUT2D eigenvalue weighted by molar-refractivity contribution is 0.413. The molecule has 0 saturated heterocycles. The van der Waals surface area contributed by atoms with Crippen LogP contribution in [-0.4, -0.2) is 20.5 Å². The Kier molecular flexibility index (Phi) is 4.30. The predicted molar refractivity (Wildman–Crippen MR) is 92.8 cm³/mol. The Balaban J connectivity index is 2.26. The van der Waals surface area contributed by atoms with Gasteiger partial charge in [0.05, 0.1) is 25.2 Å². The molecule has 0 spiro atoms. The molecule has 3 rings (SSSR count). The number of benzene rings is 2. The van der Waals surface area contributed by atoms with Gasteiger partial charge in [0.25, 0.3) is 0 Å². The van der Waals surface area contributed by atoms with Crippen LogP contribution in [0.1, 0.15) is 0 Å². The van der Waals surface area contributed by atoms with Gasteiger partial charge < -0.3 is 13.9 Å². The molecule has 118 valence electrons. The number of thioether (sulfide) groups is 1. The summed E-state index contributed by atoms with van der Waals surface area (Å²) in [5, 5.41) is 1.12. The van der Waals surface area contributed by atoms with Crippen LogP contribution in [0.2, 0.25) is 0 Å². The first-order valence-corrected chi connectivity index (χ1v) is 8.23. The van der Waals surface area contributed by atoms with Gasteiger partial charge >= 0.3 is 0 Å². The first-order chi connectivity index (χ1) is 11.2. The molecule has 23 heavy (non-hydrogen) atoms. The molecule has 0 aliphatic rings. The van der Waals surface area contributed by atoms with Crippen molar-refractivity contribution in [1.82, 2.24) is 0 Å². The molecule has 0 saturated carbocycles. The minimum absolute atomic E-state index is 0.0524. The zero-order valence-electron chi connectivity index (χ0n) is 13.1. The number of hydrogen-bond acceptors (Lipinski definition) is 5. The van der Waals surface area contributed by atoms with E-state index in [0.717, 1.165) is 11.3 Å². The standard InChI is InChI=1S/C18H16O4S/c1-20-12-6-4-11(5-7-12)16-17(19)14-9-8-13(21-2)10-15(14)22-18(16)23-3/h4-10H,1-3H3. The Labute approximate surface area is 138 Å². The smallest absolute Gasteiger partial charge is 0.201 e. The fourth-order valence-corrected chi connectivity index (χ4v) is 3.02. The highest BCUT2D eigenvalue weighted by atomic mass is 32.2. The third-order valence-electron chi connectivity index (χ3n) is 3.63. The Morgan fingerprint density at radius 3 is 2.22 bits per heavy atom. The lowest BCUT2D eigenvalue weighted by Crippen LogP contribution is -2.07. The molecule has 0 N–H and O–H groups in total. The molecule has 0 fully saturated rings. The Hall–Kier alpha value is -2.40. The third-order valence-corrected chi connectivity index (χ3v) is 4.29. The van der Waals surface area contributed by atoms with Gasteiger partial charge in [-0.1, -0.05) is 23.9 Å². The summed E-state index contributed by atoms with van der Waals surface area (Å²) in [7, 11) is 3.20. The molecule has 5 heteroatoms. The first-order valence-electron chi connectivity index (χ1n) is 7.01. The van der Waals surface area contributed by atoms with Crippen molar-refractivity contribution in [1.29, 1.82) is 0 Å². The van der Waals surface area contributed by atoms with E-state index >= 15 is 0 Å². The molecular weight excluding hydrogens is 312 g/mol. The van der Waals surface area contributed by atoms with Crippen LogP contribution in [0.3, 0.4) is 0 Å². The van der Waals surface area contributed by atoms with Gasteiger partial charge in [-0.2, -0.15) is 0 Å². The molecule has 0 aliphatic heterocycles. The van der Waals surface area contributed by atoms with Crippen LogP contribution < -0.4 is 14.9 Å². The monoisotopic (exact) mass is 328 g/mol. The minimum Gasteiger partial charge on any atom is -0.497 e. The minimum atomic E-state index is -0.0524. The first kappa shape index (κ1) is 15.5. The molecule has 4 nitrogen and oxygen atoms in total. The summed E-state index contributed by atoms with van der Waals surface area (Å²) < 4.78 is 16.3. The van der Waals surface area contributed by atoms with Gasteiger partial charge in [-0.15, -0.1) is 0 Å². The number of rotatable bonds is 4. The summed E-state index contributed by atoms with van der Waals surface area (Å²) in [6, 6.07) is 12.6. The fourth-order valence-electron chi connectivity index (χ4n) is 2.43. The number of fused-ring (bicyclic) bond motifs is 1. The molecule has 0 bridgehead atoms. The van der Waals surface area contributed by atoms with E-state index in [2.05, 4.69) is 0 Å². The van der Waals surface area contributed by atoms with Crippen LogP contribution in [0.25, 0.3) is 22.1 Å². The summed E-state index contributed by atoms with van der Waals surface area (Å²) in [4.78, 5) is 12.9. The van der Waals surface area contributed by atoms with E-state index in [4.69, 9.17) is 13.9 Å². The van der Waals surface area contributed by atoms with Crippen LogP contribution >= 0.6 is 11.8 Å². The zero-order chi connectivity index (χ0) is 16.4. The highest BCUT2D eigenvalue weighted by Crippen LogP contribution is 2.32. The van der Waals surface area contributed by atoms with Gasteiger partial charge in [0, 0.05) is 6.07 Å². The number of hydrogen-bond donors (Lipinski definition) is 0. The van der Waals surface area contributed by atoms with Crippen molar-refractivity contribution < 1.29 is 13.9 Å². The Morgan fingerprint density at radius 2 is 1.61 bits per heavy atom. The maximum Gasteiger partial charge on any atom is 0.201 e. The zero-order valence-corrected chi connectivity index (χ0v) is 13.9. The van der Waals surface area contributed by atoms with Gasteiger partial charge in [0.15, 0.2) is 5.09 Å². The maximum absolute atomic E-state index is 12.9. The van der Waals surface area contributed by atoms with Crippen molar-refractivity contribution in [2.45, 2.75) is 5.09 Å². The lowest BCUT2D eigenvalue weighted by Gasteiger charge is -2.09. The average molecular weight is 328 g/mol. The van der Waals surface area contributed by atoms with Crippen molar-refractivity contribution >= 4 is 22.7 Å². The second-order valence-electron chi connectivity index (χ2n) is 4.89. The highest BCUT2D eigenvalue weighted by Gasteiger charge is 2.16. The van der Waals surface area contributed by atoms with Gasteiger partial charge in [0.1, 0.15) is 17.1 Å². The molecule has 0 radical (unpaired) electrons. The van der Waals surface area contributed by atoms with E-state index in [-0.39, 0.29) is 5.43 Å². The van der Waals surface area contributed by atoms with Crippen LogP contribution in [0.4, 0.5) is 0 Å². The third kappa shape index (κ3) is 2.80. The Bertz CT molecular complexity index is 897. The van der Waals surface area contributed by atoms with Gasteiger partial charge in [-0.25, -0.2) is 0 Å². The van der Waals surface area contributed by atoms with Crippen molar-refractivity contribution in [2.75, 3.05) is 20.5 Å². The maximum atomic E-state index is 12.9. The quantitative estimate of drug-likeness (QED) is 0.672. The summed E-state index contributed by atoms with van der Waals surface area (Å²) >= 11 is 1.40. The SMILES string of the molecule is COc1ccc(-c2c(SC)oc3cc(OC)ccc3c2=O)cc1. The van der Waals surface area contributed by atoms with Gasteiger partial charge in [-0.3, -0.25) is 4.79 Å². The van der Waals surface area contributed by atoms with E-state index in [0.29, 0.717) is 27.4 Å². The van der Waals surface area contributed by atoms with Crippen LogP contribution in [0, 0.1) is 0 Å². The second kappa shape index (κ2) is 6.38. The molecule has 0 aliphatic carbocycles. The molecule has 0 atom stereocenters. The highest BCUT2D eigenvalue weighted by molar-refractivity contribution is 7.98. The van der Waals surface area contributed by atoms with Crippen LogP contribution in [0.15, 0.2) is 56.8 Å². The molecular formula is C18H16O4S. The molecule has 3 aromatic rings. The molecule has 1 aromatic heterocycles.